The number of hydrogen-bond donors (Lipinski definition) is 1. The average Bonchev–Trinajstić information content (AvgIpc) is 2.90. The molecule has 0 aromatic carbocycles. The number of hydrogen-bond acceptors (Lipinski definition) is 3. The number of ether oxygens (including phenoxy) is 1. The van der Waals surface area contributed by atoms with Gasteiger partial charge >= 0.3 is 0 Å². The fraction of sp³-hybridized carbons (Fsp3) is 0.938. The highest BCUT2D eigenvalue weighted by molar-refractivity contribution is 5.82. The van der Waals surface area contributed by atoms with Gasteiger partial charge in [0, 0.05) is 12.5 Å². The molecule has 1 saturated heterocycles. The highest BCUT2D eigenvalue weighted by atomic mass is 16.5. The zero-order valence-corrected chi connectivity index (χ0v) is 12.7. The van der Waals surface area contributed by atoms with Crippen molar-refractivity contribution in [2.24, 2.45) is 5.92 Å². The molecule has 1 heterocycles. The molecule has 0 amide bonds. The van der Waals surface area contributed by atoms with Crippen LogP contribution in [0, 0.1) is 5.92 Å². The Morgan fingerprint density at radius 3 is 2.32 bits per heavy atom. The van der Waals surface area contributed by atoms with Crippen LogP contribution < -0.4 is 5.32 Å². The Morgan fingerprint density at radius 2 is 1.68 bits per heavy atom. The lowest BCUT2D eigenvalue weighted by atomic mass is 9.94. The van der Waals surface area contributed by atoms with Crippen molar-refractivity contribution in [3.63, 3.8) is 0 Å². The quantitative estimate of drug-likeness (QED) is 0.585. The van der Waals surface area contributed by atoms with Gasteiger partial charge in [-0.25, -0.2) is 0 Å². The number of Topliss-reactive ketones (excluding diaryl/α,β-unsaturated/α-hetero) is 1. The first-order chi connectivity index (χ1) is 9.29. The number of ketones is 1. The number of unbranched alkanes of at least 4 members (excludes halogenated alkanes) is 7. The highest BCUT2D eigenvalue weighted by Crippen LogP contribution is 2.18. The zero-order valence-electron chi connectivity index (χ0n) is 12.7. The average molecular weight is 269 g/mol. The van der Waals surface area contributed by atoms with Crippen LogP contribution in [0.15, 0.2) is 0 Å². The molecule has 1 fully saturated rings. The molecular weight excluding hydrogens is 238 g/mol. The summed E-state index contributed by atoms with van der Waals surface area (Å²) in [5.41, 5.74) is 0. The summed E-state index contributed by atoms with van der Waals surface area (Å²) in [5, 5.41) is 3.18. The predicted molar refractivity (Wildman–Crippen MR) is 79.4 cm³/mol. The van der Waals surface area contributed by atoms with Crippen molar-refractivity contribution in [3.05, 3.63) is 0 Å². The van der Waals surface area contributed by atoms with Crippen LogP contribution in [0.2, 0.25) is 0 Å². The summed E-state index contributed by atoms with van der Waals surface area (Å²) < 4.78 is 5.38. The van der Waals surface area contributed by atoms with E-state index >= 15 is 0 Å². The normalized spacial score (nSPS) is 22.8. The number of rotatable bonds is 11. The molecule has 0 saturated carbocycles. The molecule has 1 aliphatic rings. The molecule has 0 aromatic heterocycles. The number of likely N-dealkylation sites (N-methyl/N-ethyl adjacent to an activating group) is 1. The second-order valence-corrected chi connectivity index (χ2v) is 5.73. The van der Waals surface area contributed by atoms with Crippen molar-refractivity contribution >= 4 is 5.78 Å². The van der Waals surface area contributed by atoms with E-state index in [4.69, 9.17) is 4.74 Å². The molecule has 2 unspecified atom stereocenters. The van der Waals surface area contributed by atoms with Gasteiger partial charge in [-0.2, -0.15) is 0 Å². The third kappa shape index (κ3) is 6.53. The standard InChI is InChI=1S/C16H31NO2/c1-3-4-5-6-7-8-9-10-11-16(18)14-12-19-13-15(14)17-2/h14-15,17H,3-13H2,1-2H3. The SMILES string of the molecule is CCCCCCCCCCC(=O)C1COCC1NC. The van der Waals surface area contributed by atoms with Gasteiger partial charge < -0.3 is 10.1 Å². The summed E-state index contributed by atoms with van der Waals surface area (Å²) in [4.78, 5) is 12.1. The second-order valence-electron chi connectivity index (χ2n) is 5.73. The van der Waals surface area contributed by atoms with Crippen LogP contribution in [-0.2, 0) is 9.53 Å². The smallest absolute Gasteiger partial charge is 0.139 e. The molecule has 2 atom stereocenters. The van der Waals surface area contributed by atoms with Crippen molar-refractivity contribution in [2.45, 2.75) is 70.8 Å². The van der Waals surface area contributed by atoms with E-state index in [1.807, 2.05) is 7.05 Å². The van der Waals surface area contributed by atoms with E-state index < -0.39 is 0 Å². The maximum atomic E-state index is 12.1. The van der Waals surface area contributed by atoms with Crippen LogP contribution in [0.3, 0.4) is 0 Å². The minimum Gasteiger partial charge on any atom is -0.379 e. The fourth-order valence-electron chi connectivity index (χ4n) is 2.77. The molecule has 0 bridgehead atoms. The topological polar surface area (TPSA) is 38.3 Å². The van der Waals surface area contributed by atoms with Gasteiger partial charge in [-0.05, 0) is 13.5 Å². The van der Waals surface area contributed by atoms with Gasteiger partial charge in [-0.3, -0.25) is 4.79 Å². The van der Waals surface area contributed by atoms with Crippen molar-refractivity contribution in [1.82, 2.24) is 5.32 Å². The van der Waals surface area contributed by atoms with E-state index in [2.05, 4.69) is 12.2 Å². The van der Waals surface area contributed by atoms with E-state index in [-0.39, 0.29) is 12.0 Å². The minimum absolute atomic E-state index is 0.0922. The van der Waals surface area contributed by atoms with Gasteiger partial charge in [0.1, 0.15) is 5.78 Å². The molecule has 0 radical (unpaired) electrons. The Kier molecular flexibility index (Phi) is 9.10. The van der Waals surface area contributed by atoms with Crippen LogP contribution >= 0.6 is 0 Å². The molecule has 0 aliphatic carbocycles. The van der Waals surface area contributed by atoms with E-state index in [1.165, 1.54) is 44.9 Å². The van der Waals surface area contributed by atoms with Crippen LogP contribution in [-0.4, -0.2) is 32.1 Å². The van der Waals surface area contributed by atoms with Gasteiger partial charge in [0.15, 0.2) is 0 Å². The maximum absolute atomic E-state index is 12.1. The van der Waals surface area contributed by atoms with E-state index in [0.717, 1.165) is 12.8 Å². The lowest BCUT2D eigenvalue weighted by molar-refractivity contribution is -0.123. The maximum Gasteiger partial charge on any atom is 0.139 e. The summed E-state index contributed by atoms with van der Waals surface area (Å²) in [7, 11) is 1.91. The van der Waals surface area contributed by atoms with Crippen molar-refractivity contribution in [3.8, 4) is 0 Å². The fourth-order valence-corrected chi connectivity index (χ4v) is 2.77. The lowest BCUT2D eigenvalue weighted by Crippen LogP contribution is -2.36. The van der Waals surface area contributed by atoms with Crippen molar-refractivity contribution < 1.29 is 9.53 Å². The van der Waals surface area contributed by atoms with Gasteiger partial charge in [0.2, 0.25) is 0 Å². The largest absolute Gasteiger partial charge is 0.379 e. The Labute approximate surface area is 118 Å². The molecule has 112 valence electrons. The monoisotopic (exact) mass is 269 g/mol. The molecule has 1 N–H and O–H groups in total. The molecule has 19 heavy (non-hydrogen) atoms. The van der Waals surface area contributed by atoms with E-state index in [0.29, 0.717) is 19.0 Å². The summed E-state index contributed by atoms with van der Waals surface area (Å²) in [6.07, 6.45) is 11.0. The van der Waals surface area contributed by atoms with Gasteiger partial charge in [-0.15, -0.1) is 0 Å². The molecule has 3 heteroatoms. The Morgan fingerprint density at radius 1 is 1.05 bits per heavy atom. The van der Waals surface area contributed by atoms with Gasteiger partial charge in [-0.1, -0.05) is 51.9 Å². The van der Waals surface area contributed by atoms with Crippen molar-refractivity contribution in [1.29, 1.82) is 0 Å². The lowest BCUT2D eigenvalue weighted by Gasteiger charge is -2.15. The third-order valence-corrected chi connectivity index (χ3v) is 4.14. The van der Waals surface area contributed by atoms with Gasteiger partial charge in [0.25, 0.3) is 0 Å². The van der Waals surface area contributed by atoms with Crippen molar-refractivity contribution in [2.75, 3.05) is 20.3 Å². The summed E-state index contributed by atoms with van der Waals surface area (Å²) in [6.45, 7) is 3.54. The number of carbonyl (C=O) groups is 1. The highest BCUT2D eigenvalue weighted by Gasteiger charge is 2.31. The van der Waals surface area contributed by atoms with E-state index in [9.17, 15) is 4.79 Å². The molecule has 0 spiro atoms. The minimum atomic E-state index is 0.0922. The van der Waals surface area contributed by atoms with Crippen LogP contribution in [0.4, 0.5) is 0 Å². The first-order valence-electron chi connectivity index (χ1n) is 8.07. The Bertz CT molecular complexity index is 243. The third-order valence-electron chi connectivity index (χ3n) is 4.14. The molecule has 3 nitrogen and oxygen atoms in total. The predicted octanol–water partition coefficient (Wildman–Crippen LogP) is 3.32. The van der Waals surface area contributed by atoms with Crippen LogP contribution in [0.1, 0.15) is 64.7 Å². The molecular formula is C16H31NO2. The first-order valence-corrected chi connectivity index (χ1v) is 8.07. The first kappa shape index (κ1) is 16.6. The summed E-state index contributed by atoms with van der Waals surface area (Å²) in [6, 6.07) is 0.238. The Balaban J connectivity index is 1.98. The van der Waals surface area contributed by atoms with E-state index in [1.54, 1.807) is 0 Å². The molecule has 1 aliphatic heterocycles. The number of nitrogens with one attached hydrogen (secondary N) is 1. The summed E-state index contributed by atoms with van der Waals surface area (Å²) >= 11 is 0. The van der Waals surface area contributed by atoms with Crippen LogP contribution in [0.5, 0.6) is 0 Å². The molecule has 1 rings (SSSR count). The van der Waals surface area contributed by atoms with Gasteiger partial charge in [0.05, 0.1) is 19.1 Å². The number of carbonyl (C=O) groups excluding carboxylic acids is 1. The van der Waals surface area contributed by atoms with Crippen LogP contribution in [0.25, 0.3) is 0 Å². The second kappa shape index (κ2) is 10.4. The Hall–Kier alpha value is -0.410. The zero-order chi connectivity index (χ0) is 13.9. The molecule has 0 aromatic rings. The summed E-state index contributed by atoms with van der Waals surface area (Å²) in [5.74, 6) is 0.484.